The molecule has 0 unspecified atom stereocenters. The van der Waals surface area contributed by atoms with Crippen molar-refractivity contribution in [1.29, 1.82) is 0 Å². The molecule has 19 heavy (non-hydrogen) atoms. The molecule has 0 aromatic heterocycles. The molecule has 3 heteroatoms. The average molecular weight is 259 g/mol. The van der Waals surface area contributed by atoms with Crippen LogP contribution in [0.25, 0.3) is 0 Å². The monoisotopic (exact) mass is 259 g/mol. The normalized spacial score (nSPS) is 12.3. The van der Waals surface area contributed by atoms with E-state index in [1.165, 1.54) is 6.07 Å². The zero-order chi connectivity index (χ0) is 14.0. The second-order valence-corrected chi connectivity index (χ2v) is 4.75. The van der Waals surface area contributed by atoms with Crippen LogP contribution in [0, 0.1) is 12.7 Å². The van der Waals surface area contributed by atoms with Crippen molar-refractivity contribution in [3.8, 4) is 0 Å². The van der Waals surface area contributed by atoms with E-state index in [2.05, 4.69) is 0 Å². The average Bonchev–Trinajstić information content (AvgIpc) is 2.38. The van der Waals surface area contributed by atoms with E-state index >= 15 is 0 Å². The van der Waals surface area contributed by atoms with Gasteiger partial charge in [0.15, 0.2) is 0 Å². The van der Waals surface area contributed by atoms with Crippen LogP contribution in [0.15, 0.2) is 42.5 Å². The summed E-state index contributed by atoms with van der Waals surface area (Å²) in [5.41, 5.74) is 3.04. The molecule has 2 aromatic carbocycles. The summed E-state index contributed by atoms with van der Waals surface area (Å²) in [5, 5.41) is 9.78. The molecule has 1 N–H and O–H groups in total. The summed E-state index contributed by atoms with van der Waals surface area (Å²) < 4.78 is 14.1. The smallest absolute Gasteiger partial charge is 0.147 e. The summed E-state index contributed by atoms with van der Waals surface area (Å²) in [5.74, 6) is -0.332. The van der Waals surface area contributed by atoms with Crippen LogP contribution in [-0.2, 0) is 0 Å². The molecule has 2 aromatic rings. The molecule has 2 nitrogen and oxygen atoms in total. The van der Waals surface area contributed by atoms with Crippen molar-refractivity contribution in [1.82, 2.24) is 0 Å². The maximum Gasteiger partial charge on any atom is 0.147 e. The molecular formula is C16H18FNO. The van der Waals surface area contributed by atoms with Crippen LogP contribution < -0.4 is 4.90 Å². The van der Waals surface area contributed by atoms with E-state index in [4.69, 9.17) is 0 Å². The van der Waals surface area contributed by atoms with Gasteiger partial charge in [-0.2, -0.15) is 0 Å². The number of hydrogen-bond donors (Lipinski definition) is 1. The molecule has 0 aliphatic rings. The maximum atomic E-state index is 14.1. The Morgan fingerprint density at radius 3 is 2.32 bits per heavy atom. The Bertz CT molecular complexity index is 563. The van der Waals surface area contributed by atoms with E-state index in [0.717, 1.165) is 11.3 Å². The lowest BCUT2D eigenvalue weighted by molar-refractivity contribution is 0.199. The lowest BCUT2D eigenvalue weighted by atomic mass is 10.1. The first-order valence-corrected chi connectivity index (χ1v) is 6.27. The van der Waals surface area contributed by atoms with E-state index in [1.807, 2.05) is 31.2 Å². The van der Waals surface area contributed by atoms with E-state index in [0.29, 0.717) is 11.3 Å². The highest BCUT2D eigenvalue weighted by Gasteiger charge is 2.17. The minimum atomic E-state index is -0.710. The van der Waals surface area contributed by atoms with Crippen molar-refractivity contribution in [3.05, 3.63) is 59.4 Å². The highest BCUT2D eigenvalue weighted by molar-refractivity contribution is 5.67. The Balaban J connectivity index is 2.49. The predicted octanol–water partition coefficient (Wildman–Crippen LogP) is 3.96. The molecule has 0 amide bonds. The highest BCUT2D eigenvalue weighted by atomic mass is 19.1. The third-order valence-electron chi connectivity index (χ3n) is 3.22. The molecular weight excluding hydrogens is 241 g/mol. The molecule has 0 saturated heterocycles. The summed E-state index contributed by atoms with van der Waals surface area (Å²) in [6.45, 7) is 3.65. The van der Waals surface area contributed by atoms with E-state index in [9.17, 15) is 9.50 Å². The minimum Gasteiger partial charge on any atom is -0.389 e. The Morgan fingerprint density at radius 2 is 1.74 bits per heavy atom. The molecule has 1 atom stereocenters. The molecule has 0 radical (unpaired) electrons. The molecule has 0 aliphatic heterocycles. The van der Waals surface area contributed by atoms with Crippen LogP contribution in [0.2, 0.25) is 0 Å². The topological polar surface area (TPSA) is 23.5 Å². The fourth-order valence-electron chi connectivity index (χ4n) is 2.12. The Kier molecular flexibility index (Phi) is 3.86. The van der Waals surface area contributed by atoms with Crippen LogP contribution in [0.3, 0.4) is 0 Å². The van der Waals surface area contributed by atoms with Gasteiger partial charge in [0.25, 0.3) is 0 Å². The number of hydrogen-bond acceptors (Lipinski definition) is 2. The second kappa shape index (κ2) is 5.41. The van der Waals surface area contributed by atoms with E-state index in [-0.39, 0.29) is 5.82 Å². The number of aryl methyl sites for hydroxylation is 1. The summed E-state index contributed by atoms with van der Waals surface area (Å²) >= 11 is 0. The standard InChI is InChI=1S/C16H18FNO/c1-11-7-9-13(10-8-11)18(3)16-14(12(2)19)5-4-6-15(16)17/h4-10,12,19H,1-3H3/t12-/m0/s1. The number of nitrogens with zero attached hydrogens (tertiary/aromatic N) is 1. The van der Waals surface area contributed by atoms with Gasteiger partial charge in [-0.1, -0.05) is 29.8 Å². The third kappa shape index (κ3) is 2.76. The molecule has 0 saturated carbocycles. The highest BCUT2D eigenvalue weighted by Crippen LogP contribution is 2.33. The summed E-state index contributed by atoms with van der Waals surface area (Å²) in [6, 6.07) is 12.6. The number of anilines is 2. The van der Waals surface area contributed by atoms with Crippen LogP contribution in [-0.4, -0.2) is 12.2 Å². The number of halogens is 1. The maximum absolute atomic E-state index is 14.1. The van der Waals surface area contributed by atoms with Gasteiger partial charge in [0, 0.05) is 18.3 Å². The first-order valence-electron chi connectivity index (χ1n) is 6.27. The quantitative estimate of drug-likeness (QED) is 0.902. The van der Waals surface area contributed by atoms with Crippen LogP contribution in [0.5, 0.6) is 0 Å². The van der Waals surface area contributed by atoms with Gasteiger partial charge in [0.05, 0.1) is 11.8 Å². The minimum absolute atomic E-state index is 0.332. The lowest BCUT2D eigenvalue weighted by Crippen LogP contribution is -2.14. The Labute approximate surface area is 113 Å². The predicted molar refractivity (Wildman–Crippen MR) is 76.3 cm³/mol. The number of rotatable bonds is 3. The lowest BCUT2D eigenvalue weighted by Gasteiger charge is -2.24. The number of para-hydroxylation sites is 1. The fraction of sp³-hybridized carbons (Fsp3) is 0.250. The molecule has 2 rings (SSSR count). The van der Waals surface area contributed by atoms with Crippen molar-refractivity contribution in [3.63, 3.8) is 0 Å². The molecule has 0 aliphatic carbocycles. The summed E-state index contributed by atoms with van der Waals surface area (Å²) in [6.07, 6.45) is -0.710. The van der Waals surface area contributed by atoms with Gasteiger partial charge < -0.3 is 10.0 Å². The first-order chi connectivity index (χ1) is 9.00. The van der Waals surface area contributed by atoms with Gasteiger partial charge >= 0.3 is 0 Å². The van der Waals surface area contributed by atoms with Crippen molar-refractivity contribution in [2.45, 2.75) is 20.0 Å². The Morgan fingerprint density at radius 1 is 1.11 bits per heavy atom. The number of aliphatic hydroxyl groups is 1. The number of aliphatic hydroxyl groups excluding tert-OH is 1. The van der Waals surface area contributed by atoms with Crippen molar-refractivity contribution < 1.29 is 9.50 Å². The van der Waals surface area contributed by atoms with Crippen LogP contribution in [0.4, 0.5) is 15.8 Å². The van der Waals surface area contributed by atoms with Crippen molar-refractivity contribution in [2.75, 3.05) is 11.9 Å². The van der Waals surface area contributed by atoms with Gasteiger partial charge in [-0.15, -0.1) is 0 Å². The SMILES string of the molecule is Cc1ccc(N(C)c2c(F)cccc2[C@H](C)O)cc1. The Hall–Kier alpha value is -1.87. The van der Waals surface area contributed by atoms with Gasteiger partial charge in [0.2, 0.25) is 0 Å². The fourth-order valence-corrected chi connectivity index (χ4v) is 2.12. The summed E-state index contributed by atoms with van der Waals surface area (Å²) in [4.78, 5) is 1.76. The zero-order valence-electron chi connectivity index (χ0n) is 11.4. The zero-order valence-corrected chi connectivity index (χ0v) is 11.4. The third-order valence-corrected chi connectivity index (χ3v) is 3.22. The van der Waals surface area contributed by atoms with Gasteiger partial charge in [0.1, 0.15) is 5.82 Å². The van der Waals surface area contributed by atoms with Crippen LogP contribution in [0.1, 0.15) is 24.2 Å². The molecule has 100 valence electrons. The van der Waals surface area contributed by atoms with Gasteiger partial charge in [-0.25, -0.2) is 4.39 Å². The molecule has 0 heterocycles. The van der Waals surface area contributed by atoms with E-state index < -0.39 is 6.10 Å². The first kappa shape index (κ1) is 13.6. The largest absolute Gasteiger partial charge is 0.389 e. The molecule has 0 fully saturated rings. The summed E-state index contributed by atoms with van der Waals surface area (Å²) in [7, 11) is 1.80. The van der Waals surface area contributed by atoms with Crippen molar-refractivity contribution in [2.24, 2.45) is 0 Å². The van der Waals surface area contributed by atoms with Crippen LogP contribution >= 0.6 is 0 Å². The number of benzene rings is 2. The van der Waals surface area contributed by atoms with Crippen molar-refractivity contribution >= 4 is 11.4 Å². The molecule has 0 bridgehead atoms. The second-order valence-electron chi connectivity index (χ2n) is 4.75. The molecule has 0 spiro atoms. The van der Waals surface area contributed by atoms with E-state index in [1.54, 1.807) is 31.0 Å². The van der Waals surface area contributed by atoms with Gasteiger partial charge in [-0.3, -0.25) is 0 Å². The van der Waals surface area contributed by atoms with Gasteiger partial charge in [-0.05, 0) is 32.0 Å².